The highest BCUT2D eigenvalue weighted by atomic mass is 16.5. The van der Waals surface area contributed by atoms with Gasteiger partial charge in [0.15, 0.2) is 0 Å². The number of ether oxygens (including phenoxy) is 1. The lowest BCUT2D eigenvalue weighted by molar-refractivity contribution is -0.128. The van der Waals surface area contributed by atoms with Gasteiger partial charge in [0.1, 0.15) is 6.10 Å². The average Bonchev–Trinajstić information content (AvgIpc) is 1.88. The Morgan fingerprint density at radius 3 is 2.80 bits per heavy atom. The summed E-state index contributed by atoms with van der Waals surface area (Å²) in [6.07, 6.45) is -0.933. The van der Waals surface area contributed by atoms with Crippen LogP contribution in [0.3, 0.4) is 0 Å². The van der Waals surface area contributed by atoms with Crippen LogP contribution >= 0.6 is 0 Å². The van der Waals surface area contributed by atoms with E-state index < -0.39 is 6.10 Å². The van der Waals surface area contributed by atoms with Gasteiger partial charge in [0.05, 0.1) is 6.61 Å². The van der Waals surface area contributed by atoms with Gasteiger partial charge in [0.2, 0.25) is 5.91 Å². The van der Waals surface area contributed by atoms with Gasteiger partial charge in [-0.25, -0.2) is 0 Å². The standard InChI is InChI=1S/C6H13NO3/c1-5(8)6(9)7-3-4-10-2/h5,8H,3-4H2,1-2H3,(H,7,9)/t5-/m0/s1. The lowest BCUT2D eigenvalue weighted by atomic mass is 10.4. The molecule has 0 aromatic heterocycles. The molecule has 0 aromatic carbocycles. The van der Waals surface area contributed by atoms with Crippen molar-refractivity contribution in [3.63, 3.8) is 0 Å². The van der Waals surface area contributed by atoms with Crippen molar-refractivity contribution in [2.75, 3.05) is 20.3 Å². The summed E-state index contributed by atoms with van der Waals surface area (Å²) in [6, 6.07) is 0. The first-order valence-corrected chi connectivity index (χ1v) is 3.13. The predicted octanol–water partition coefficient (Wildman–Crippen LogP) is -0.870. The molecule has 2 N–H and O–H groups in total. The van der Waals surface area contributed by atoms with E-state index >= 15 is 0 Å². The smallest absolute Gasteiger partial charge is 0.248 e. The first-order valence-electron chi connectivity index (χ1n) is 3.13. The predicted molar refractivity (Wildman–Crippen MR) is 36.6 cm³/mol. The van der Waals surface area contributed by atoms with Gasteiger partial charge in [-0.05, 0) is 6.92 Å². The largest absolute Gasteiger partial charge is 0.384 e. The second-order valence-corrected chi connectivity index (χ2v) is 1.96. The molecule has 0 aliphatic carbocycles. The first-order chi connectivity index (χ1) is 4.68. The third-order valence-corrected chi connectivity index (χ3v) is 0.985. The van der Waals surface area contributed by atoms with Crippen LogP contribution in [-0.4, -0.2) is 37.4 Å². The molecule has 0 saturated carbocycles. The average molecular weight is 147 g/mol. The summed E-state index contributed by atoms with van der Waals surface area (Å²) < 4.78 is 4.68. The SMILES string of the molecule is COCCNC(=O)[C@H](C)O. The molecule has 0 rings (SSSR count). The molecule has 0 radical (unpaired) electrons. The van der Waals surface area contributed by atoms with Crippen LogP contribution in [0, 0.1) is 0 Å². The van der Waals surface area contributed by atoms with Crippen LogP contribution in [0.15, 0.2) is 0 Å². The Morgan fingerprint density at radius 1 is 1.80 bits per heavy atom. The maximum absolute atomic E-state index is 10.6. The highest BCUT2D eigenvalue weighted by Gasteiger charge is 2.05. The minimum absolute atomic E-state index is 0.364. The molecule has 1 amide bonds. The number of rotatable bonds is 4. The number of hydrogen-bond acceptors (Lipinski definition) is 3. The Morgan fingerprint density at radius 2 is 2.40 bits per heavy atom. The number of aliphatic hydroxyl groups is 1. The van der Waals surface area contributed by atoms with E-state index in [1.54, 1.807) is 7.11 Å². The van der Waals surface area contributed by atoms with E-state index in [0.29, 0.717) is 13.2 Å². The molecule has 0 aliphatic heterocycles. The van der Waals surface area contributed by atoms with Crippen molar-refractivity contribution in [1.29, 1.82) is 0 Å². The van der Waals surface area contributed by atoms with E-state index in [1.807, 2.05) is 0 Å². The highest BCUT2D eigenvalue weighted by Crippen LogP contribution is 1.77. The van der Waals surface area contributed by atoms with Gasteiger partial charge in [-0.2, -0.15) is 0 Å². The van der Waals surface area contributed by atoms with Crippen molar-refractivity contribution in [3.8, 4) is 0 Å². The normalized spacial score (nSPS) is 12.7. The molecule has 0 saturated heterocycles. The zero-order chi connectivity index (χ0) is 7.98. The summed E-state index contributed by atoms with van der Waals surface area (Å²) in [6.45, 7) is 2.33. The van der Waals surface area contributed by atoms with Gasteiger partial charge in [0.25, 0.3) is 0 Å². The fourth-order valence-corrected chi connectivity index (χ4v) is 0.424. The Kier molecular flexibility index (Phi) is 4.88. The molecule has 0 heterocycles. The summed E-state index contributed by atoms with van der Waals surface area (Å²) in [5.74, 6) is -0.364. The molecule has 60 valence electrons. The third-order valence-electron chi connectivity index (χ3n) is 0.985. The molecule has 0 fully saturated rings. The molecule has 0 aliphatic rings. The van der Waals surface area contributed by atoms with Crippen molar-refractivity contribution in [1.82, 2.24) is 5.32 Å². The molecule has 0 unspecified atom stereocenters. The molecule has 10 heavy (non-hydrogen) atoms. The van der Waals surface area contributed by atoms with E-state index in [-0.39, 0.29) is 5.91 Å². The lowest BCUT2D eigenvalue weighted by Gasteiger charge is -2.04. The Labute approximate surface area is 60.2 Å². The Bertz CT molecular complexity index is 103. The van der Waals surface area contributed by atoms with Gasteiger partial charge in [-0.15, -0.1) is 0 Å². The summed E-state index contributed by atoms with van der Waals surface area (Å²) >= 11 is 0. The number of carbonyl (C=O) groups is 1. The number of hydrogen-bond donors (Lipinski definition) is 2. The van der Waals surface area contributed by atoms with Gasteiger partial charge < -0.3 is 15.2 Å². The Balaban J connectivity index is 3.22. The number of amides is 1. The van der Waals surface area contributed by atoms with Crippen LogP contribution in [-0.2, 0) is 9.53 Å². The number of aliphatic hydroxyl groups excluding tert-OH is 1. The number of methoxy groups -OCH3 is 1. The van der Waals surface area contributed by atoms with Crippen LogP contribution in [0.1, 0.15) is 6.92 Å². The summed E-state index contributed by atoms with van der Waals surface area (Å²) in [5, 5.41) is 11.1. The molecule has 4 heteroatoms. The van der Waals surface area contributed by atoms with E-state index in [9.17, 15) is 4.79 Å². The van der Waals surface area contributed by atoms with Crippen LogP contribution < -0.4 is 5.32 Å². The summed E-state index contributed by atoms with van der Waals surface area (Å²) in [5.41, 5.74) is 0. The minimum atomic E-state index is -0.933. The second kappa shape index (κ2) is 5.20. The van der Waals surface area contributed by atoms with Crippen molar-refractivity contribution < 1.29 is 14.6 Å². The lowest BCUT2D eigenvalue weighted by Crippen LogP contribution is -2.34. The van der Waals surface area contributed by atoms with Crippen LogP contribution in [0.5, 0.6) is 0 Å². The maximum atomic E-state index is 10.6. The van der Waals surface area contributed by atoms with Crippen LogP contribution in [0.2, 0.25) is 0 Å². The monoisotopic (exact) mass is 147 g/mol. The van der Waals surface area contributed by atoms with Crippen molar-refractivity contribution in [3.05, 3.63) is 0 Å². The molecule has 0 spiro atoms. The zero-order valence-electron chi connectivity index (χ0n) is 6.26. The van der Waals surface area contributed by atoms with Crippen molar-refractivity contribution in [2.45, 2.75) is 13.0 Å². The molecule has 0 bridgehead atoms. The molecular weight excluding hydrogens is 134 g/mol. The fraction of sp³-hybridized carbons (Fsp3) is 0.833. The summed E-state index contributed by atoms with van der Waals surface area (Å²) in [7, 11) is 1.55. The second-order valence-electron chi connectivity index (χ2n) is 1.96. The van der Waals surface area contributed by atoms with E-state index in [2.05, 4.69) is 10.1 Å². The van der Waals surface area contributed by atoms with E-state index in [4.69, 9.17) is 5.11 Å². The molecule has 4 nitrogen and oxygen atoms in total. The van der Waals surface area contributed by atoms with Gasteiger partial charge in [-0.1, -0.05) is 0 Å². The quantitative estimate of drug-likeness (QED) is 0.508. The minimum Gasteiger partial charge on any atom is -0.384 e. The third kappa shape index (κ3) is 4.29. The van der Waals surface area contributed by atoms with E-state index in [1.165, 1.54) is 6.92 Å². The Hall–Kier alpha value is -0.610. The van der Waals surface area contributed by atoms with Gasteiger partial charge in [0, 0.05) is 13.7 Å². The van der Waals surface area contributed by atoms with Gasteiger partial charge in [-0.3, -0.25) is 4.79 Å². The fourth-order valence-electron chi connectivity index (χ4n) is 0.424. The van der Waals surface area contributed by atoms with Crippen LogP contribution in [0.25, 0.3) is 0 Å². The van der Waals surface area contributed by atoms with Gasteiger partial charge >= 0.3 is 0 Å². The molecule has 0 aromatic rings. The summed E-state index contributed by atoms with van der Waals surface area (Å²) in [4.78, 5) is 10.6. The number of nitrogens with one attached hydrogen (secondary N) is 1. The highest BCUT2D eigenvalue weighted by molar-refractivity contribution is 5.79. The van der Waals surface area contributed by atoms with Crippen molar-refractivity contribution in [2.24, 2.45) is 0 Å². The van der Waals surface area contributed by atoms with E-state index in [0.717, 1.165) is 0 Å². The number of carbonyl (C=O) groups excluding carboxylic acids is 1. The molecular formula is C6H13NO3. The molecule has 1 atom stereocenters. The van der Waals surface area contributed by atoms with Crippen molar-refractivity contribution >= 4 is 5.91 Å². The van der Waals surface area contributed by atoms with Crippen LogP contribution in [0.4, 0.5) is 0 Å². The first kappa shape index (κ1) is 9.39. The maximum Gasteiger partial charge on any atom is 0.248 e. The topological polar surface area (TPSA) is 58.6 Å². The zero-order valence-corrected chi connectivity index (χ0v) is 6.26.